The lowest BCUT2D eigenvalue weighted by Crippen LogP contribution is -2.22. The number of halogens is 4. The third-order valence-corrected chi connectivity index (χ3v) is 3.68. The molecule has 0 amide bonds. The number of hydrogen-bond donors (Lipinski definition) is 2. The number of aromatic nitrogens is 1. The molecule has 0 spiro atoms. The lowest BCUT2D eigenvalue weighted by atomic mass is 10.1. The summed E-state index contributed by atoms with van der Waals surface area (Å²) in [5, 5.41) is 18.3. The summed E-state index contributed by atoms with van der Waals surface area (Å²) < 4.78 is 40.1. The maximum absolute atomic E-state index is 13.0. The molecular formula is C16H10ClF3N2O. The maximum Gasteiger partial charge on any atom is 0.433 e. The minimum Gasteiger partial charge on any atom is -0.494 e. The summed E-state index contributed by atoms with van der Waals surface area (Å²) in [6, 6.07) is 12.6. The largest absolute Gasteiger partial charge is 0.494 e. The first-order chi connectivity index (χ1) is 10.8. The third kappa shape index (κ3) is 2.55. The van der Waals surface area contributed by atoms with Crippen molar-refractivity contribution in [2.45, 2.75) is 6.18 Å². The van der Waals surface area contributed by atoms with Crippen LogP contribution in [0, 0.1) is 5.41 Å². The molecule has 118 valence electrons. The van der Waals surface area contributed by atoms with Gasteiger partial charge in [-0.15, -0.1) is 0 Å². The average molecular weight is 339 g/mol. The van der Waals surface area contributed by atoms with Crippen LogP contribution in [0.2, 0.25) is 5.02 Å². The van der Waals surface area contributed by atoms with Gasteiger partial charge >= 0.3 is 6.18 Å². The number of nitrogens with zero attached hydrogens (tertiary/aromatic N) is 1. The number of alkyl halides is 3. The zero-order valence-electron chi connectivity index (χ0n) is 11.5. The fourth-order valence-corrected chi connectivity index (χ4v) is 2.68. The second-order valence-corrected chi connectivity index (χ2v) is 5.34. The monoisotopic (exact) mass is 338 g/mol. The van der Waals surface area contributed by atoms with Gasteiger partial charge in [0, 0.05) is 10.4 Å². The first kappa shape index (κ1) is 15.4. The van der Waals surface area contributed by atoms with Crippen molar-refractivity contribution in [2.75, 3.05) is 0 Å². The zero-order valence-corrected chi connectivity index (χ0v) is 12.3. The van der Waals surface area contributed by atoms with Crippen molar-refractivity contribution in [3.8, 4) is 11.6 Å². The second kappa shape index (κ2) is 5.31. The van der Waals surface area contributed by atoms with Gasteiger partial charge in [0.15, 0.2) is 0 Å². The van der Waals surface area contributed by atoms with Gasteiger partial charge in [-0.05, 0) is 24.3 Å². The molecule has 3 nitrogen and oxygen atoms in total. The van der Waals surface area contributed by atoms with E-state index in [1.54, 1.807) is 36.4 Å². The van der Waals surface area contributed by atoms with Gasteiger partial charge in [-0.25, -0.2) is 0 Å². The number of hydrogen-bond acceptors (Lipinski definition) is 2. The number of fused-ring (bicyclic) bond motifs is 1. The standard InChI is InChI=1S/C16H10ClF3N2O/c17-9-4-3-5-10(8-9)22-12-7-2-1-6-11(12)13(15(22)23)14(21)16(18,19)20/h1-8,21,23H. The summed E-state index contributed by atoms with van der Waals surface area (Å²) in [5.41, 5.74) is -1.37. The van der Waals surface area contributed by atoms with Crippen molar-refractivity contribution in [3.63, 3.8) is 0 Å². The second-order valence-electron chi connectivity index (χ2n) is 4.90. The van der Waals surface area contributed by atoms with Gasteiger partial charge in [0.25, 0.3) is 0 Å². The molecular weight excluding hydrogens is 329 g/mol. The van der Waals surface area contributed by atoms with Gasteiger partial charge in [-0.1, -0.05) is 35.9 Å². The Bertz CT molecular complexity index is 915. The lowest BCUT2D eigenvalue weighted by Gasteiger charge is -2.09. The molecule has 0 saturated heterocycles. The van der Waals surface area contributed by atoms with Crippen molar-refractivity contribution in [2.24, 2.45) is 0 Å². The Morgan fingerprint density at radius 1 is 1.09 bits per heavy atom. The molecule has 0 atom stereocenters. The highest BCUT2D eigenvalue weighted by Crippen LogP contribution is 2.38. The number of para-hydroxylation sites is 1. The normalized spacial score (nSPS) is 11.8. The average Bonchev–Trinajstić information content (AvgIpc) is 2.77. The number of benzene rings is 2. The molecule has 0 radical (unpaired) electrons. The van der Waals surface area contributed by atoms with Crippen molar-refractivity contribution < 1.29 is 18.3 Å². The van der Waals surface area contributed by atoms with Crippen LogP contribution in [0.5, 0.6) is 5.88 Å². The topological polar surface area (TPSA) is 49.0 Å². The smallest absolute Gasteiger partial charge is 0.433 e. The van der Waals surface area contributed by atoms with Crippen molar-refractivity contribution in [1.82, 2.24) is 4.57 Å². The maximum atomic E-state index is 13.0. The van der Waals surface area contributed by atoms with E-state index in [9.17, 15) is 18.3 Å². The highest BCUT2D eigenvalue weighted by molar-refractivity contribution is 6.30. The fraction of sp³-hybridized carbons (Fsp3) is 0.0625. The highest BCUT2D eigenvalue weighted by Gasteiger charge is 2.39. The molecule has 7 heteroatoms. The Labute approximate surface area is 134 Å². The quantitative estimate of drug-likeness (QED) is 0.640. The summed E-state index contributed by atoms with van der Waals surface area (Å²) in [6.45, 7) is 0. The minimum atomic E-state index is -4.86. The molecule has 2 aromatic carbocycles. The molecule has 23 heavy (non-hydrogen) atoms. The van der Waals surface area contributed by atoms with Crippen LogP contribution in [-0.4, -0.2) is 21.6 Å². The van der Waals surface area contributed by atoms with E-state index in [0.717, 1.165) is 0 Å². The van der Waals surface area contributed by atoms with E-state index in [0.29, 0.717) is 16.2 Å². The van der Waals surface area contributed by atoms with E-state index < -0.39 is 23.3 Å². The molecule has 0 aliphatic heterocycles. The number of rotatable bonds is 2. The van der Waals surface area contributed by atoms with Crippen LogP contribution in [0.25, 0.3) is 16.6 Å². The number of nitrogens with one attached hydrogen (secondary N) is 1. The van der Waals surface area contributed by atoms with Crippen LogP contribution in [0.1, 0.15) is 5.56 Å². The Morgan fingerprint density at radius 3 is 2.43 bits per heavy atom. The van der Waals surface area contributed by atoms with Crippen LogP contribution in [0.3, 0.4) is 0 Å². The molecule has 3 rings (SSSR count). The van der Waals surface area contributed by atoms with E-state index in [-0.39, 0.29) is 5.39 Å². The van der Waals surface area contributed by atoms with Crippen LogP contribution >= 0.6 is 11.6 Å². The summed E-state index contributed by atoms with van der Waals surface area (Å²) >= 11 is 5.92. The van der Waals surface area contributed by atoms with Gasteiger partial charge in [-0.3, -0.25) is 9.98 Å². The molecule has 2 N–H and O–H groups in total. The molecule has 0 aliphatic rings. The molecule has 0 unspecified atom stereocenters. The summed E-state index contributed by atoms with van der Waals surface area (Å²) in [6.07, 6.45) is -4.86. The van der Waals surface area contributed by atoms with Crippen molar-refractivity contribution in [1.29, 1.82) is 5.41 Å². The molecule has 1 aromatic heterocycles. The molecule has 0 fully saturated rings. The first-order valence-electron chi connectivity index (χ1n) is 6.55. The number of aromatic hydroxyl groups is 1. The van der Waals surface area contributed by atoms with Crippen LogP contribution in [-0.2, 0) is 0 Å². The van der Waals surface area contributed by atoms with E-state index in [1.807, 2.05) is 0 Å². The van der Waals surface area contributed by atoms with Gasteiger partial charge < -0.3 is 5.11 Å². The molecule has 0 saturated carbocycles. The predicted octanol–water partition coefficient (Wildman–Crippen LogP) is 4.92. The Kier molecular flexibility index (Phi) is 3.56. The van der Waals surface area contributed by atoms with Crippen LogP contribution in [0.15, 0.2) is 48.5 Å². The zero-order chi connectivity index (χ0) is 16.8. The molecule has 1 heterocycles. The van der Waals surface area contributed by atoms with Crippen LogP contribution in [0.4, 0.5) is 13.2 Å². The summed E-state index contributed by atoms with van der Waals surface area (Å²) in [7, 11) is 0. The predicted molar refractivity (Wildman–Crippen MR) is 82.8 cm³/mol. The van der Waals surface area contributed by atoms with Gasteiger partial charge in [-0.2, -0.15) is 13.2 Å². The summed E-state index contributed by atoms with van der Waals surface area (Å²) in [4.78, 5) is 0. The van der Waals surface area contributed by atoms with Gasteiger partial charge in [0.2, 0.25) is 5.88 Å². The Hall–Kier alpha value is -2.47. The van der Waals surface area contributed by atoms with Gasteiger partial charge in [0.1, 0.15) is 5.71 Å². The van der Waals surface area contributed by atoms with E-state index in [4.69, 9.17) is 17.0 Å². The SMILES string of the molecule is N=C(c1c(O)n(-c2cccc(Cl)c2)c2ccccc12)C(F)(F)F. The van der Waals surface area contributed by atoms with E-state index >= 15 is 0 Å². The summed E-state index contributed by atoms with van der Waals surface area (Å²) in [5.74, 6) is -0.643. The van der Waals surface area contributed by atoms with Crippen molar-refractivity contribution >= 4 is 28.2 Å². The third-order valence-electron chi connectivity index (χ3n) is 3.45. The molecule has 0 aliphatic carbocycles. The van der Waals surface area contributed by atoms with Gasteiger partial charge in [0.05, 0.1) is 16.8 Å². The lowest BCUT2D eigenvalue weighted by molar-refractivity contribution is -0.0588. The molecule has 0 bridgehead atoms. The van der Waals surface area contributed by atoms with E-state index in [2.05, 4.69) is 0 Å². The Balaban J connectivity index is 2.37. The first-order valence-corrected chi connectivity index (χ1v) is 6.93. The van der Waals surface area contributed by atoms with Crippen LogP contribution < -0.4 is 0 Å². The van der Waals surface area contributed by atoms with E-state index in [1.165, 1.54) is 16.7 Å². The van der Waals surface area contributed by atoms with Crippen molar-refractivity contribution in [3.05, 3.63) is 59.1 Å². The molecule has 3 aromatic rings. The minimum absolute atomic E-state index is 0.146. The fourth-order valence-electron chi connectivity index (χ4n) is 2.49. The Morgan fingerprint density at radius 2 is 1.78 bits per heavy atom. The highest BCUT2D eigenvalue weighted by atomic mass is 35.5.